The fourth-order valence-electron chi connectivity index (χ4n) is 2.10. The standard InChI is InChI=1S/C13H16N6O/c1-9-2-3-10(19-8-15-17-18-19)6-11(9)16-12(20)13(7-14)4-5-13/h2-3,6,8H,4-5,7,14H2,1H3,(H,16,20). The molecule has 3 N–H and O–H groups in total. The summed E-state index contributed by atoms with van der Waals surface area (Å²) < 4.78 is 1.55. The van der Waals surface area contributed by atoms with Gasteiger partial charge in [0.15, 0.2) is 0 Å². The van der Waals surface area contributed by atoms with Gasteiger partial charge >= 0.3 is 0 Å². The van der Waals surface area contributed by atoms with Gasteiger partial charge in [-0.15, -0.1) is 5.10 Å². The highest BCUT2D eigenvalue weighted by molar-refractivity contribution is 5.98. The van der Waals surface area contributed by atoms with Crippen LogP contribution in [0.1, 0.15) is 18.4 Å². The molecule has 7 nitrogen and oxygen atoms in total. The van der Waals surface area contributed by atoms with Gasteiger partial charge in [0.2, 0.25) is 5.91 Å². The highest BCUT2D eigenvalue weighted by Gasteiger charge is 2.48. The maximum absolute atomic E-state index is 12.2. The number of carbonyl (C=O) groups excluding carboxylic acids is 1. The zero-order valence-corrected chi connectivity index (χ0v) is 11.2. The Bertz CT molecular complexity index is 632. The van der Waals surface area contributed by atoms with Crippen molar-refractivity contribution in [3.63, 3.8) is 0 Å². The fraction of sp³-hybridized carbons (Fsp3) is 0.385. The quantitative estimate of drug-likeness (QED) is 0.851. The maximum atomic E-state index is 12.2. The molecule has 0 unspecified atom stereocenters. The van der Waals surface area contributed by atoms with E-state index in [1.165, 1.54) is 6.33 Å². The van der Waals surface area contributed by atoms with E-state index in [1.54, 1.807) is 4.68 Å². The van der Waals surface area contributed by atoms with Crippen molar-refractivity contribution < 1.29 is 4.79 Å². The van der Waals surface area contributed by atoms with Gasteiger partial charge in [-0.3, -0.25) is 4.79 Å². The van der Waals surface area contributed by atoms with Crippen LogP contribution in [-0.2, 0) is 4.79 Å². The summed E-state index contributed by atoms with van der Waals surface area (Å²) in [5.41, 5.74) is 7.87. The predicted octanol–water partition coefficient (Wildman–Crippen LogP) is 0.648. The van der Waals surface area contributed by atoms with Crippen LogP contribution in [0, 0.1) is 12.3 Å². The highest BCUT2D eigenvalue weighted by atomic mass is 16.2. The van der Waals surface area contributed by atoms with Crippen molar-refractivity contribution in [2.45, 2.75) is 19.8 Å². The van der Waals surface area contributed by atoms with Gasteiger partial charge in [0.25, 0.3) is 0 Å². The van der Waals surface area contributed by atoms with Crippen LogP contribution in [0.4, 0.5) is 5.69 Å². The van der Waals surface area contributed by atoms with E-state index in [9.17, 15) is 4.79 Å². The molecule has 0 radical (unpaired) electrons. The Morgan fingerprint density at radius 3 is 2.90 bits per heavy atom. The topological polar surface area (TPSA) is 98.7 Å². The first-order valence-corrected chi connectivity index (χ1v) is 6.50. The van der Waals surface area contributed by atoms with Gasteiger partial charge < -0.3 is 11.1 Å². The van der Waals surface area contributed by atoms with Crippen molar-refractivity contribution in [2.24, 2.45) is 11.1 Å². The first-order chi connectivity index (χ1) is 9.64. The Morgan fingerprint density at radius 2 is 2.30 bits per heavy atom. The molecule has 0 aliphatic heterocycles. The third kappa shape index (κ3) is 2.16. The largest absolute Gasteiger partial charge is 0.329 e. The van der Waals surface area contributed by atoms with Gasteiger partial charge in [0.05, 0.1) is 11.1 Å². The third-order valence-corrected chi connectivity index (χ3v) is 3.81. The van der Waals surface area contributed by atoms with Crippen molar-refractivity contribution in [2.75, 3.05) is 11.9 Å². The number of carbonyl (C=O) groups is 1. The molecule has 1 aromatic carbocycles. The molecule has 1 heterocycles. The summed E-state index contributed by atoms with van der Waals surface area (Å²) in [6.45, 7) is 2.34. The van der Waals surface area contributed by atoms with E-state index in [2.05, 4.69) is 20.8 Å². The molecule has 104 valence electrons. The number of tetrazole rings is 1. The Morgan fingerprint density at radius 1 is 1.50 bits per heavy atom. The van der Waals surface area contributed by atoms with E-state index in [1.807, 2.05) is 25.1 Å². The number of amides is 1. The lowest BCUT2D eigenvalue weighted by Gasteiger charge is -2.15. The molecular weight excluding hydrogens is 256 g/mol. The lowest BCUT2D eigenvalue weighted by atomic mass is 10.1. The van der Waals surface area contributed by atoms with Gasteiger partial charge in [0, 0.05) is 12.2 Å². The summed E-state index contributed by atoms with van der Waals surface area (Å²) >= 11 is 0. The fourth-order valence-corrected chi connectivity index (χ4v) is 2.10. The number of benzene rings is 1. The van der Waals surface area contributed by atoms with Crippen LogP contribution in [0.5, 0.6) is 0 Å². The van der Waals surface area contributed by atoms with Crippen molar-refractivity contribution in [1.29, 1.82) is 0 Å². The monoisotopic (exact) mass is 272 g/mol. The lowest BCUT2D eigenvalue weighted by molar-refractivity contribution is -0.120. The molecule has 0 bridgehead atoms. The van der Waals surface area contributed by atoms with Crippen LogP contribution in [0.2, 0.25) is 0 Å². The molecule has 1 amide bonds. The van der Waals surface area contributed by atoms with Crippen molar-refractivity contribution in [3.8, 4) is 5.69 Å². The number of hydrogen-bond donors (Lipinski definition) is 2. The van der Waals surface area contributed by atoms with Gasteiger partial charge in [-0.1, -0.05) is 6.07 Å². The second-order valence-electron chi connectivity index (χ2n) is 5.19. The number of anilines is 1. The SMILES string of the molecule is Cc1ccc(-n2cnnn2)cc1NC(=O)C1(CN)CC1. The molecule has 2 aromatic rings. The average molecular weight is 272 g/mol. The maximum Gasteiger partial charge on any atom is 0.231 e. The summed E-state index contributed by atoms with van der Waals surface area (Å²) in [6.07, 6.45) is 3.24. The first kappa shape index (κ1) is 12.7. The summed E-state index contributed by atoms with van der Waals surface area (Å²) in [7, 11) is 0. The van der Waals surface area contributed by atoms with Gasteiger partial charge in [0.1, 0.15) is 6.33 Å². The van der Waals surface area contributed by atoms with E-state index in [0.717, 1.165) is 29.8 Å². The highest BCUT2D eigenvalue weighted by Crippen LogP contribution is 2.45. The van der Waals surface area contributed by atoms with Gasteiger partial charge in [-0.25, -0.2) is 4.68 Å². The van der Waals surface area contributed by atoms with Crippen LogP contribution in [0.3, 0.4) is 0 Å². The molecule has 1 saturated carbocycles. The number of rotatable bonds is 4. The van der Waals surface area contributed by atoms with Crippen LogP contribution in [-0.4, -0.2) is 32.7 Å². The molecule has 0 atom stereocenters. The summed E-state index contributed by atoms with van der Waals surface area (Å²) in [6, 6.07) is 5.68. The Labute approximate surface area is 116 Å². The molecule has 20 heavy (non-hydrogen) atoms. The number of aromatic nitrogens is 4. The summed E-state index contributed by atoms with van der Waals surface area (Å²) in [5, 5.41) is 14.0. The van der Waals surface area contributed by atoms with Crippen LogP contribution < -0.4 is 11.1 Å². The molecule has 0 saturated heterocycles. The molecule has 1 aromatic heterocycles. The normalized spacial score (nSPS) is 15.9. The number of aryl methyl sites for hydroxylation is 1. The van der Waals surface area contributed by atoms with E-state index < -0.39 is 0 Å². The molecule has 7 heteroatoms. The van der Waals surface area contributed by atoms with Crippen molar-refractivity contribution in [3.05, 3.63) is 30.1 Å². The number of nitrogens with one attached hydrogen (secondary N) is 1. The molecule has 1 fully saturated rings. The van der Waals surface area contributed by atoms with Crippen molar-refractivity contribution in [1.82, 2.24) is 20.2 Å². The Balaban J connectivity index is 1.86. The molecule has 0 spiro atoms. The van der Waals surface area contributed by atoms with Gasteiger partial charge in [-0.2, -0.15) is 0 Å². The second kappa shape index (κ2) is 4.68. The summed E-state index contributed by atoms with van der Waals surface area (Å²) in [5.74, 6) is -0.00281. The van der Waals surface area contributed by atoms with E-state index >= 15 is 0 Å². The van der Waals surface area contributed by atoms with Crippen LogP contribution >= 0.6 is 0 Å². The predicted molar refractivity (Wildman–Crippen MR) is 73.2 cm³/mol. The third-order valence-electron chi connectivity index (χ3n) is 3.81. The van der Waals surface area contributed by atoms with E-state index in [0.29, 0.717) is 6.54 Å². The van der Waals surface area contributed by atoms with E-state index in [-0.39, 0.29) is 11.3 Å². The minimum atomic E-state index is -0.364. The molecule has 3 rings (SSSR count). The second-order valence-corrected chi connectivity index (χ2v) is 5.19. The number of hydrogen-bond acceptors (Lipinski definition) is 5. The Hall–Kier alpha value is -2.28. The number of nitrogens with zero attached hydrogens (tertiary/aromatic N) is 4. The average Bonchev–Trinajstić information content (AvgIpc) is 3.08. The molecular formula is C13H16N6O. The minimum Gasteiger partial charge on any atom is -0.329 e. The first-order valence-electron chi connectivity index (χ1n) is 6.50. The Kier molecular flexibility index (Phi) is 2.98. The van der Waals surface area contributed by atoms with E-state index in [4.69, 9.17) is 5.73 Å². The zero-order chi connectivity index (χ0) is 14.2. The lowest BCUT2D eigenvalue weighted by Crippen LogP contribution is -2.31. The zero-order valence-electron chi connectivity index (χ0n) is 11.2. The van der Waals surface area contributed by atoms with Crippen LogP contribution in [0.25, 0.3) is 5.69 Å². The smallest absolute Gasteiger partial charge is 0.231 e. The molecule has 1 aliphatic rings. The van der Waals surface area contributed by atoms with Crippen LogP contribution in [0.15, 0.2) is 24.5 Å². The van der Waals surface area contributed by atoms with Gasteiger partial charge in [-0.05, 0) is 47.9 Å². The van der Waals surface area contributed by atoms with Crippen molar-refractivity contribution >= 4 is 11.6 Å². The minimum absolute atomic E-state index is 0.00281. The molecule has 1 aliphatic carbocycles. The summed E-state index contributed by atoms with van der Waals surface area (Å²) in [4.78, 5) is 12.2. The number of nitrogens with two attached hydrogens (primary N) is 1.